The van der Waals surface area contributed by atoms with Crippen LogP contribution >= 0.6 is 0 Å². The van der Waals surface area contributed by atoms with Crippen LogP contribution in [0.4, 0.5) is 0 Å². The number of hydrogen-bond acceptors (Lipinski definition) is 2. The lowest BCUT2D eigenvalue weighted by atomic mass is 9.92. The number of nitrogens with one attached hydrogen (secondary N) is 1. The van der Waals surface area contributed by atoms with Crippen molar-refractivity contribution in [1.29, 1.82) is 0 Å². The van der Waals surface area contributed by atoms with Gasteiger partial charge in [0, 0.05) is 6.04 Å². The molecule has 0 spiro atoms. The van der Waals surface area contributed by atoms with Gasteiger partial charge in [0.25, 0.3) is 0 Å². The Kier molecular flexibility index (Phi) is 3.83. The van der Waals surface area contributed by atoms with Crippen molar-refractivity contribution < 1.29 is 4.74 Å². The monoisotopic (exact) mass is 219 g/mol. The first kappa shape index (κ1) is 11.5. The molecule has 0 radical (unpaired) electrons. The van der Waals surface area contributed by atoms with Gasteiger partial charge in [-0.05, 0) is 43.5 Å². The minimum Gasteiger partial charge on any atom is -0.497 e. The Balaban J connectivity index is 2.18. The Labute approximate surface area is 98.0 Å². The van der Waals surface area contributed by atoms with Crippen molar-refractivity contribution in [1.82, 2.24) is 5.32 Å². The Bertz CT molecular complexity index is 331. The molecular formula is C14H21NO. The van der Waals surface area contributed by atoms with Crippen LogP contribution in [0.5, 0.6) is 5.75 Å². The zero-order valence-corrected chi connectivity index (χ0v) is 10.2. The van der Waals surface area contributed by atoms with Gasteiger partial charge in [0.15, 0.2) is 0 Å². The first-order valence-electron chi connectivity index (χ1n) is 6.16. The zero-order valence-electron chi connectivity index (χ0n) is 10.2. The molecule has 2 nitrogen and oxygen atoms in total. The predicted molar refractivity (Wildman–Crippen MR) is 66.8 cm³/mol. The van der Waals surface area contributed by atoms with Gasteiger partial charge in [0.1, 0.15) is 5.75 Å². The summed E-state index contributed by atoms with van der Waals surface area (Å²) in [5.74, 6) is 1.74. The van der Waals surface area contributed by atoms with Gasteiger partial charge in [-0.15, -0.1) is 0 Å². The lowest BCUT2D eigenvalue weighted by Crippen LogP contribution is -2.23. The fraction of sp³-hybridized carbons (Fsp3) is 0.571. The third kappa shape index (κ3) is 2.38. The molecule has 1 aliphatic rings. The first-order valence-corrected chi connectivity index (χ1v) is 6.16. The maximum Gasteiger partial charge on any atom is 0.119 e. The number of ether oxygens (including phenoxy) is 1. The molecule has 0 heterocycles. The minimum atomic E-state index is 0.484. The molecule has 0 aromatic heterocycles. The summed E-state index contributed by atoms with van der Waals surface area (Å²) in [5, 5.41) is 3.46. The molecule has 1 fully saturated rings. The maximum absolute atomic E-state index is 5.28. The average Bonchev–Trinajstić information content (AvgIpc) is 2.84. The van der Waals surface area contributed by atoms with E-state index in [0.29, 0.717) is 6.04 Å². The van der Waals surface area contributed by atoms with Crippen molar-refractivity contribution in [3.8, 4) is 5.75 Å². The van der Waals surface area contributed by atoms with E-state index in [-0.39, 0.29) is 0 Å². The van der Waals surface area contributed by atoms with Crippen molar-refractivity contribution in [3.63, 3.8) is 0 Å². The highest BCUT2D eigenvalue weighted by Crippen LogP contribution is 2.36. The summed E-state index contributed by atoms with van der Waals surface area (Å²) in [4.78, 5) is 0. The van der Waals surface area contributed by atoms with Crippen molar-refractivity contribution in [2.24, 2.45) is 5.92 Å². The molecule has 1 saturated carbocycles. The molecule has 1 atom stereocenters. The van der Waals surface area contributed by atoms with Crippen LogP contribution in [-0.4, -0.2) is 14.2 Å². The van der Waals surface area contributed by atoms with E-state index in [1.165, 1.54) is 31.2 Å². The number of benzene rings is 1. The Morgan fingerprint density at radius 3 is 2.69 bits per heavy atom. The second kappa shape index (κ2) is 5.35. The molecule has 0 saturated heterocycles. The molecule has 1 aliphatic carbocycles. The van der Waals surface area contributed by atoms with Crippen molar-refractivity contribution >= 4 is 0 Å². The second-order valence-electron chi connectivity index (χ2n) is 4.59. The third-order valence-corrected chi connectivity index (χ3v) is 3.64. The standard InChI is InChI=1S/C14H21NO/c1-15-14(11-6-3-4-7-11)12-8-5-9-13(10-12)16-2/h5,8-11,14-15H,3-4,6-7H2,1-2H3. The summed E-state index contributed by atoms with van der Waals surface area (Å²) in [6, 6.07) is 8.91. The van der Waals surface area contributed by atoms with Crippen LogP contribution in [0.1, 0.15) is 37.3 Å². The molecular weight excluding hydrogens is 198 g/mol. The molecule has 1 unspecified atom stereocenters. The number of rotatable bonds is 4. The van der Waals surface area contributed by atoms with Gasteiger partial charge in [-0.2, -0.15) is 0 Å². The quantitative estimate of drug-likeness (QED) is 0.840. The molecule has 2 rings (SSSR count). The SMILES string of the molecule is CNC(c1cccc(OC)c1)C1CCCC1. The third-order valence-electron chi connectivity index (χ3n) is 3.64. The number of hydrogen-bond donors (Lipinski definition) is 1. The molecule has 0 bridgehead atoms. The average molecular weight is 219 g/mol. The van der Waals surface area contributed by atoms with E-state index < -0.39 is 0 Å². The van der Waals surface area contributed by atoms with Gasteiger partial charge in [-0.1, -0.05) is 25.0 Å². The van der Waals surface area contributed by atoms with E-state index in [1.54, 1.807) is 7.11 Å². The largest absolute Gasteiger partial charge is 0.497 e. The molecule has 2 heteroatoms. The van der Waals surface area contributed by atoms with Crippen molar-refractivity contribution in [2.75, 3.05) is 14.2 Å². The lowest BCUT2D eigenvalue weighted by Gasteiger charge is -2.23. The molecule has 88 valence electrons. The summed E-state index contributed by atoms with van der Waals surface area (Å²) in [6.07, 6.45) is 5.46. The molecule has 1 aromatic carbocycles. The van der Waals surface area contributed by atoms with Gasteiger partial charge in [0.2, 0.25) is 0 Å². The Hall–Kier alpha value is -1.02. The van der Waals surface area contributed by atoms with Crippen LogP contribution in [0.3, 0.4) is 0 Å². The smallest absolute Gasteiger partial charge is 0.119 e. The molecule has 16 heavy (non-hydrogen) atoms. The van der Waals surface area contributed by atoms with Crippen LogP contribution in [0.15, 0.2) is 24.3 Å². The fourth-order valence-electron chi connectivity index (χ4n) is 2.80. The van der Waals surface area contributed by atoms with Gasteiger partial charge >= 0.3 is 0 Å². The highest BCUT2D eigenvalue weighted by Gasteiger charge is 2.25. The summed E-state index contributed by atoms with van der Waals surface area (Å²) in [6.45, 7) is 0. The van der Waals surface area contributed by atoms with E-state index in [1.807, 2.05) is 6.07 Å². The molecule has 0 aliphatic heterocycles. The maximum atomic E-state index is 5.28. The summed E-state index contributed by atoms with van der Waals surface area (Å²) >= 11 is 0. The van der Waals surface area contributed by atoms with E-state index in [9.17, 15) is 0 Å². The van der Waals surface area contributed by atoms with Crippen LogP contribution < -0.4 is 10.1 Å². The minimum absolute atomic E-state index is 0.484. The van der Waals surface area contributed by atoms with Crippen LogP contribution in [-0.2, 0) is 0 Å². The van der Waals surface area contributed by atoms with E-state index in [2.05, 4.69) is 30.6 Å². The fourth-order valence-corrected chi connectivity index (χ4v) is 2.80. The van der Waals surface area contributed by atoms with Gasteiger partial charge in [-0.3, -0.25) is 0 Å². The van der Waals surface area contributed by atoms with E-state index in [0.717, 1.165) is 11.7 Å². The highest BCUT2D eigenvalue weighted by molar-refractivity contribution is 5.31. The second-order valence-corrected chi connectivity index (χ2v) is 4.59. The van der Waals surface area contributed by atoms with Gasteiger partial charge in [0.05, 0.1) is 7.11 Å². The summed E-state index contributed by atoms with van der Waals surface area (Å²) in [5.41, 5.74) is 1.36. The van der Waals surface area contributed by atoms with Gasteiger partial charge < -0.3 is 10.1 Å². The predicted octanol–water partition coefficient (Wildman–Crippen LogP) is 3.15. The summed E-state index contributed by atoms with van der Waals surface area (Å²) < 4.78 is 5.28. The van der Waals surface area contributed by atoms with Gasteiger partial charge in [-0.25, -0.2) is 0 Å². The summed E-state index contributed by atoms with van der Waals surface area (Å²) in [7, 11) is 3.78. The molecule has 1 N–H and O–H groups in total. The topological polar surface area (TPSA) is 21.3 Å². The lowest BCUT2D eigenvalue weighted by molar-refractivity contribution is 0.384. The van der Waals surface area contributed by atoms with Crippen LogP contribution in [0.25, 0.3) is 0 Å². The van der Waals surface area contributed by atoms with Crippen molar-refractivity contribution in [3.05, 3.63) is 29.8 Å². The Morgan fingerprint density at radius 1 is 1.31 bits per heavy atom. The van der Waals surface area contributed by atoms with Crippen LogP contribution in [0, 0.1) is 5.92 Å². The highest BCUT2D eigenvalue weighted by atomic mass is 16.5. The Morgan fingerprint density at radius 2 is 2.06 bits per heavy atom. The van der Waals surface area contributed by atoms with E-state index in [4.69, 9.17) is 4.74 Å². The van der Waals surface area contributed by atoms with Crippen molar-refractivity contribution in [2.45, 2.75) is 31.7 Å². The van der Waals surface area contributed by atoms with Crippen LogP contribution in [0.2, 0.25) is 0 Å². The van der Waals surface area contributed by atoms with E-state index >= 15 is 0 Å². The number of methoxy groups -OCH3 is 1. The molecule has 0 amide bonds. The normalized spacial score (nSPS) is 18.6. The zero-order chi connectivity index (χ0) is 11.4. The molecule has 1 aromatic rings. The first-order chi connectivity index (χ1) is 7.85.